The number of carbonyl (C=O) groups excluding carboxylic acids is 5. The summed E-state index contributed by atoms with van der Waals surface area (Å²) in [6.45, 7) is 2.25. The van der Waals surface area contributed by atoms with Gasteiger partial charge in [-0.1, -0.05) is 23.4 Å². The second-order valence-corrected chi connectivity index (χ2v) is 6.59. The van der Waals surface area contributed by atoms with Crippen LogP contribution in [0, 0.1) is 6.92 Å². The number of amides is 4. The van der Waals surface area contributed by atoms with Crippen molar-refractivity contribution in [2.24, 2.45) is 0 Å². The molecular weight excluding hydrogens is 406 g/mol. The summed E-state index contributed by atoms with van der Waals surface area (Å²) in [7, 11) is 0. The van der Waals surface area contributed by atoms with Gasteiger partial charge >= 0.3 is 0 Å². The third-order valence-corrected chi connectivity index (χ3v) is 4.00. The van der Waals surface area contributed by atoms with Crippen LogP contribution in [0.25, 0.3) is 0 Å². The molecule has 0 radical (unpaired) electrons. The molecule has 0 aliphatic heterocycles. The first-order valence-electron chi connectivity index (χ1n) is 9.39. The lowest BCUT2D eigenvalue weighted by molar-refractivity contribution is -0.138. The fraction of sp³-hybridized carbons (Fsp3) is 0.300. The normalized spacial score (nSPS) is 11.2. The Balaban J connectivity index is 1.67. The highest BCUT2D eigenvalue weighted by Crippen LogP contribution is 2.00. The molecular formula is C20H23N5O6. The van der Waals surface area contributed by atoms with E-state index < -0.39 is 42.0 Å². The first kappa shape index (κ1) is 23.3. The molecule has 164 valence electrons. The van der Waals surface area contributed by atoms with Gasteiger partial charge in [0.2, 0.25) is 17.6 Å². The minimum Gasteiger partial charge on any atom is -0.361 e. The number of hydrogen-bond donors (Lipinski definition) is 4. The van der Waals surface area contributed by atoms with E-state index in [9.17, 15) is 24.0 Å². The lowest BCUT2D eigenvalue weighted by Gasteiger charge is -2.14. The molecule has 4 N–H and O–H groups in total. The highest BCUT2D eigenvalue weighted by molar-refractivity contribution is 6.37. The molecule has 31 heavy (non-hydrogen) atoms. The van der Waals surface area contributed by atoms with Crippen molar-refractivity contribution in [3.05, 3.63) is 53.4 Å². The van der Waals surface area contributed by atoms with Crippen molar-refractivity contribution in [2.45, 2.75) is 26.4 Å². The zero-order valence-electron chi connectivity index (χ0n) is 17.1. The van der Waals surface area contributed by atoms with Gasteiger partial charge in [-0.15, -0.1) is 0 Å². The molecule has 1 aromatic heterocycles. The van der Waals surface area contributed by atoms with Crippen LogP contribution in [0.2, 0.25) is 0 Å². The number of aromatic nitrogens is 1. The number of benzene rings is 1. The molecule has 1 atom stereocenters. The van der Waals surface area contributed by atoms with E-state index in [0.717, 1.165) is 0 Å². The van der Waals surface area contributed by atoms with Crippen LogP contribution in [0.3, 0.4) is 0 Å². The summed E-state index contributed by atoms with van der Waals surface area (Å²) >= 11 is 0. The predicted molar refractivity (Wildman–Crippen MR) is 107 cm³/mol. The number of hydrogen-bond acceptors (Lipinski definition) is 7. The van der Waals surface area contributed by atoms with Gasteiger partial charge in [0.25, 0.3) is 11.8 Å². The fourth-order valence-electron chi connectivity index (χ4n) is 2.38. The number of nitrogens with zero attached hydrogens (tertiary/aromatic N) is 1. The van der Waals surface area contributed by atoms with Crippen molar-refractivity contribution >= 4 is 29.4 Å². The Kier molecular flexibility index (Phi) is 8.43. The first-order valence-corrected chi connectivity index (χ1v) is 9.39. The van der Waals surface area contributed by atoms with Crippen LogP contribution in [0.5, 0.6) is 0 Å². The van der Waals surface area contributed by atoms with Crippen molar-refractivity contribution < 1.29 is 28.5 Å². The number of ketones is 1. The number of aryl methyl sites for hydroxylation is 1. The van der Waals surface area contributed by atoms with E-state index >= 15 is 0 Å². The Bertz CT molecular complexity index is 956. The van der Waals surface area contributed by atoms with Gasteiger partial charge in [-0.2, -0.15) is 0 Å². The van der Waals surface area contributed by atoms with E-state index in [0.29, 0.717) is 17.0 Å². The van der Waals surface area contributed by atoms with Gasteiger partial charge in [0.1, 0.15) is 17.5 Å². The minimum absolute atomic E-state index is 0.0109. The number of Topliss-reactive ketones (excluding diaryl/α,β-unsaturated/α-hetero) is 1. The van der Waals surface area contributed by atoms with E-state index in [1.807, 2.05) is 0 Å². The highest BCUT2D eigenvalue weighted by Gasteiger charge is 2.19. The van der Waals surface area contributed by atoms with Gasteiger partial charge in [-0.25, -0.2) is 0 Å². The van der Waals surface area contributed by atoms with E-state index in [4.69, 9.17) is 4.52 Å². The largest absolute Gasteiger partial charge is 0.361 e. The monoisotopic (exact) mass is 429 g/mol. The molecule has 0 fully saturated rings. The summed E-state index contributed by atoms with van der Waals surface area (Å²) in [6, 6.07) is 8.98. The Morgan fingerprint density at radius 2 is 1.71 bits per heavy atom. The predicted octanol–water partition coefficient (Wildman–Crippen LogP) is -0.781. The molecule has 4 amide bonds. The molecule has 2 aromatic rings. The van der Waals surface area contributed by atoms with Crippen LogP contribution in [0.15, 0.2) is 40.9 Å². The van der Waals surface area contributed by atoms with Crippen LogP contribution in [0.4, 0.5) is 0 Å². The molecule has 0 saturated heterocycles. The standard InChI is InChI=1S/C20H23N5O6/c1-12-8-15(25-31-12)9-21-20(30)16(26)10-22-18(28)13(2)24-17(27)11-23-19(29)14-6-4-3-5-7-14/h3-8,13H,9-11H2,1-2H3,(H,21,30)(H,22,28)(H,23,29)(H,24,27). The fourth-order valence-corrected chi connectivity index (χ4v) is 2.38. The maximum Gasteiger partial charge on any atom is 0.289 e. The van der Waals surface area contributed by atoms with Gasteiger partial charge in [0, 0.05) is 11.6 Å². The average Bonchev–Trinajstić information content (AvgIpc) is 3.19. The molecule has 11 heteroatoms. The average molecular weight is 429 g/mol. The third-order valence-electron chi connectivity index (χ3n) is 4.00. The number of nitrogens with one attached hydrogen (secondary N) is 4. The topological polar surface area (TPSA) is 160 Å². The summed E-state index contributed by atoms with van der Waals surface area (Å²) < 4.78 is 4.85. The van der Waals surface area contributed by atoms with Gasteiger partial charge < -0.3 is 25.8 Å². The molecule has 11 nitrogen and oxygen atoms in total. The maximum atomic E-state index is 12.0. The Morgan fingerprint density at radius 1 is 1.00 bits per heavy atom. The molecule has 2 rings (SSSR count). The van der Waals surface area contributed by atoms with Crippen LogP contribution in [-0.4, -0.2) is 53.7 Å². The minimum atomic E-state index is -0.977. The molecule has 0 aliphatic carbocycles. The third kappa shape index (κ3) is 7.72. The summed E-state index contributed by atoms with van der Waals surface area (Å²) in [5, 5.41) is 13.1. The van der Waals surface area contributed by atoms with Crippen LogP contribution >= 0.6 is 0 Å². The smallest absolute Gasteiger partial charge is 0.289 e. The second kappa shape index (κ2) is 11.2. The van der Waals surface area contributed by atoms with E-state index in [1.165, 1.54) is 6.92 Å². The summed E-state index contributed by atoms with van der Waals surface area (Å²) in [5.41, 5.74) is 0.856. The summed E-state index contributed by atoms with van der Waals surface area (Å²) in [4.78, 5) is 59.4. The Hall–Kier alpha value is -4.02. The van der Waals surface area contributed by atoms with Crippen molar-refractivity contribution in [1.29, 1.82) is 0 Å². The van der Waals surface area contributed by atoms with Gasteiger partial charge in [0.05, 0.1) is 19.6 Å². The lowest BCUT2D eigenvalue weighted by atomic mass is 10.2. The molecule has 0 aliphatic rings. The SMILES string of the molecule is Cc1cc(CNC(=O)C(=O)CNC(=O)C(C)NC(=O)CNC(=O)c2ccccc2)no1. The van der Waals surface area contributed by atoms with Crippen molar-refractivity contribution in [2.75, 3.05) is 13.1 Å². The van der Waals surface area contributed by atoms with E-state index in [-0.39, 0.29) is 13.1 Å². The van der Waals surface area contributed by atoms with Crippen LogP contribution in [-0.2, 0) is 25.7 Å². The van der Waals surface area contributed by atoms with Crippen LogP contribution in [0.1, 0.15) is 28.7 Å². The summed E-state index contributed by atoms with van der Waals surface area (Å²) in [5.74, 6) is -2.85. The van der Waals surface area contributed by atoms with Crippen molar-refractivity contribution in [3.8, 4) is 0 Å². The lowest BCUT2D eigenvalue weighted by Crippen LogP contribution is -2.49. The van der Waals surface area contributed by atoms with Gasteiger partial charge in [-0.3, -0.25) is 24.0 Å². The number of carbonyl (C=O) groups is 5. The quantitative estimate of drug-likeness (QED) is 0.360. The van der Waals surface area contributed by atoms with E-state index in [1.54, 1.807) is 43.3 Å². The summed E-state index contributed by atoms with van der Waals surface area (Å²) in [6.07, 6.45) is 0. The van der Waals surface area contributed by atoms with Crippen LogP contribution < -0.4 is 21.3 Å². The highest BCUT2D eigenvalue weighted by atomic mass is 16.5. The first-order chi connectivity index (χ1) is 14.8. The molecule has 0 spiro atoms. The maximum absolute atomic E-state index is 12.0. The Morgan fingerprint density at radius 3 is 2.35 bits per heavy atom. The zero-order chi connectivity index (χ0) is 22.8. The molecule has 0 bridgehead atoms. The molecule has 1 aromatic carbocycles. The van der Waals surface area contributed by atoms with Crippen molar-refractivity contribution in [3.63, 3.8) is 0 Å². The molecule has 0 saturated carbocycles. The molecule has 1 heterocycles. The zero-order valence-corrected chi connectivity index (χ0v) is 17.1. The van der Waals surface area contributed by atoms with Crippen molar-refractivity contribution in [1.82, 2.24) is 26.4 Å². The van der Waals surface area contributed by atoms with Gasteiger partial charge in [0.15, 0.2) is 0 Å². The number of rotatable bonds is 10. The second-order valence-electron chi connectivity index (χ2n) is 6.59. The van der Waals surface area contributed by atoms with E-state index in [2.05, 4.69) is 26.4 Å². The van der Waals surface area contributed by atoms with Gasteiger partial charge in [-0.05, 0) is 26.0 Å². The Labute approximate surface area is 177 Å². The molecule has 1 unspecified atom stereocenters.